The summed E-state index contributed by atoms with van der Waals surface area (Å²) in [6.07, 6.45) is 3.43. The molecule has 0 aromatic carbocycles. The van der Waals surface area contributed by atoms with Crippen LogP contribution in [0.2, 0.25) is 0 Å². The molecule has 2 amide bonds. The zero-order chi connectivity index (χ0) is 10.8. The number of carbonyl (C=O) groups is 1. The van der Waals surface area contributed by atoms with Crippen molar-refractivity contribution in [2.24, 2.45) is 0 Å². The van der Waals surface area contributed by atoms with Gasteiger partial charge >= 0.3 is 6.03 Å². The van der Waals surface area contributed by atoms with Gasteiger partial charge in [-0.05, 0) is 12.8 Å². The van der Waals surface area contributed by atoms with E-state index in [0.29, 0.717) is 13.0 Å². The Hall–Kier alpha value is -0.620. The summed E-state index contributed by atoms with van der Waals surface area (Å²) in [6, 6.07) is -0.175. The Kier molecular flexibility index (Phi) is 8.56. The molecular formula is C8H17N2O3S-. The standard InChI is InChI=1S/C8H18N2O3S/c1-9-8(11)10-6-4-2-3-5-7-14(12)13/h2-7H2,1H3,(H,12,13)(H2,9,10,11)/p-1. The Balaban J connectivity index is 3.06. The second-order valence-corrected chi connectivity index (χ2v) is 3.94. The van der Waals surface area contributed by atoms with Crippen LogP contribution in [0.5, 0.6) is 0 Å². The lowest BCUT2D eigenvalue weighted by Gasteiger charge is -2.05. The molecule has 1 unspecified atom stereocenters. The van der Waals surface area contributed by atoms with Gasteiger partial charge in [0, 0.05) is 19.3 Å². The second-order valence-electron chi connectivity index (χ2n) is 2.93. The van der Waals surface area contributed by atoms with Gasteiger partial charge in [0.05, 0.1) is 0 Å². The number of amides is 2. The maximum Gasteiger partial charge on any atom is 0.314 e. The number of hydrogen-bond donors (Lipinski definition) is 2. The summed E-state index contributed by atoms with van der Waals surface area (Å²) in [4.78, 5) is 10.7. The minimum absolute atomic E-state index is 0.175. The lowest BCUT2D eigenvalue weighted by atomic mass is 10.2. The molecule has 0 saturated heterocycles. The Morgan fingerprint density at radius 3 is 2.50 bits per heavy atom. The Bertz CT molecular complexity index is 187. The maximum absolute atomic E-state index is 10.7. The predicted octanol–water partition coefficient (Wildman–Crippen LogP) is 0.355. The van der Waals surface area contributed by atoms with Crippen molar-refractivity contribution in [2.75, 3.05) is 19.3 Å². The summed E-state index contributed by atoms with van der Waals surface area (Å²) in [6.45, 7) is 0.639. The number of carbonyl (C=O) groups excluding carboxylic acids is 1. The Labute approximate surface area is 86.9 Å². The molecule has 0 spiro atoms. The van der Waals surface area contributed by atoms with Gasteiger partial charge in [-0.2, -0.15) is 0 Å². The van der Waals surface area contributed by atoms with Gasteiger partial charge in [-0.1, -0.05) is 23.9 Å². The summed E-state index contributed by atoms with van der Waals surface area (Å²) in [5.74, 6) is 0.239. The van der Waals surface area contributed by atoms with E-state index < -0.39 is 11.1 Å². The quantitative estimate of drug-likeness (QED) is 0.481. The van der Waals surface area contributed by atoms with Crippen LogP contribution >= 0.6 is 0 Å². The molecule has 0 aliphatic heterocycles. The monoisotopic (exact) mass is 221 g/mol. The van der Waals surface area contributed by atoms with E-state index >= 15 is 0 Å². The van der Waals surface area contributed by atoms with Gasteiger partial charge in [0.25, 0.3) is 0 Å². The summed E-state index contributed by atoms with van der Waals surface area (Å²) in [7, 11) is 1.57. The molecule has 1 atom stereocenters. The van der Waals surface area contributed by atoms with E-state index in [1.165, 1.54) is 0 Å². The van der Waals surface area contributed by atoms with E-state index in [0.717, 1.165) is 19.3 Å². The van der Waals surface area contributed by atoms with E-state index in [1.807, 2.05) is 0 Å². The number of nitrogens with one attached hydrogen (secondary N) is 2. The largest absolute Gasteiger partial charge is 0.772 e. The van der Waals surface area contributed by atoms with E-state index in [1.54, 1.807) is 7.05 Å². The highest BCUT2D eigenvalue weighted by Gasteiger charge is 1.94. The second kappa shape index (κ2) is 8.96. The molecule has 14 heavy (non-hydrogen) atoms. The van der Waals surface area contributed by atoms with Crippen molar-refractivity contribution in [2.45, 2.75) is 25.7 Å². The van der Waals surface area contributed by atoms with Crippen LogP contribution in [-0.2, 0) is 11.1 Å². The summed E-state index contributed by atoms with van der Waals surface area (Å²) >= 11 is -1.91. The zero-order valence-corrected chi connectivity index (χ0v) is 9.19. The highest BCUT2D eigenvalue weighted by molar-refractivity contribution is 7.79. The van der Waals surface area contributed by atoms with Gasteiger partial charge in [0.1, 0.15) is 0 Å². The van der Waals surface area contributed by atoms with Crippen LogP contribution in [0.25, 0.3) is 0 Å². The molecule has 0 aliphatic carbocycles. The molecule has 0 aromatic heterocycles. The van der Waals surface area contributed by atoms with Gasteiger partial charge in [-0.25, -0.2) is 4.79 Å². The first-order chi connectivity index (χ1) is 6.66. The maximum atomic E-state index is 10.7. The molecule has 84 valence electrons. The van der Waals surface area contributed by atoms with Crippen LogP contribution in [0.15, 0.2) is 0 Å². The van der Waals surface area contributed by atoms with Crippen LogP contribution in [0.4, 0.5) is 4.79 Å². The van der Waals surface area contributed by atoms with Crippen LogP contribution < -0.4 is 10.6 Å². The molecule has 0 fully saturated rings. The topological polar surface area (TPSA) is 81.3 Å². The first-order valence-corrected chi connectivity index (χ1v) is 5.92. The van der Waals surface area contributed by atoms with Crippen LogP contribution in [-0.4, -0.2) is 34.1 Å². The van der Waals surface area contributed by atoms with Crippen molar-refractivity contribution in [1.29, 1.82) is 0 Å². The molecule has 2 N–H and O–H groups in total. The Morgan fingerprint density at radius 1 is 1.29 bits per heavy atom. The third kappa shape index (κ3) is 9.47. The van der Waals surface area contributed by atoms with Gasteiger partial charge in [-0.15, -0.1) is 0 Å². The summed E-state index contributed by atoms with van der Waals surface area (Å²) in [5.41, 5.74) is 0. The fourth-order valence-corrected chi connectivity index (χ4v) is 1.43. The molecule has 0 heterocycles. The van der Waals surface area contributed by atoms with E-state index in [-0.39, 0.29) is 11.8 Å². The highest BCUT2D eigenvalue weighted by Crippen LogP contribution is 1.99. The zero-order valence-electron chi connectivity index (χ0n) is 8.38. The van der Waals surface area contributed by atoms with Crippen molar-refractivity contribution >= 4 is 17.1 Å². The molecule has 6 heteroatoms. The fourth-order valence-electron chi connectivity index (χ4n) is 0.989. The summed E-state index contributed by atoms with van der Waals surface area (Å²) < 4.78 is 20.3. The first kappa shape index (κ1) is 13.4. The van der Waals surface area contributed by atoms with Crippen molar-refractivity contribution in [3.05, 3.63) is 0 Å². The predicted molar refractivity (Wildman–Crippen MR) is 54.7 cm³/mol. The molecule has 5 nitrogen and oxygen atoms in total. The number of unbranched alkanes of at least 4 members (excludes halogenated alkanes) is 3. The van der Waals surface area contributed by atoms with E-state index in [2.05, 4.69) is 10.6 Å². The minimum Gasteiger partial charge on any atom is -0.772 e. The number of rotatable bonds is 7. The molecule has 0 radical (unpaired) electrons. The number of urea groups is 1. The smallest absolute Gasteiger partial charge is 0.314 e. The molecule has 0 rings (SSSR count). The highest BCUT2D eigenvalue weighted by atomic mass is 32.2. The van der Waals surface area contributed by atoms with Crippen LogP contribution in [0.1, 0.15) is 25.7 Å². The molecule has 0 aromatic rings. The van der Waals surface area contributed by atoms with Crippen LogP contribution in [0, 0.1) is 0 Å². The lowest BCUT2D eigenvalue weighted by molar-refractivity contribution is 0.242. The first-order valence-electron chi connectivity index (χ1n) is 4.68. The van der Waals surface area contributed by atoms with Crippen LogP contribution in [0.3, 0.4) is 0 Å². The minimum atomic E-state index is -1.91. The molecule has 0 bridgehead atoms. The SMILES string of the molecule is CNC(=O)NCCCCCCS(=O)[O-]. The summed E-state index contributed by atoms with van der Waals surface area (Å²) in [5, 5.41) is 5.11. The third-order valence-corrected chi connectivity index (χ3v) is 2.37. The third-order valence-electron chi connectivity index (χ3n) is 1.75. The van der Waals surface area contributed by atoms with Gasteiger partial charge in [-0.3, -0.25) is 4.21 Å². The fraction of sp³-hybridized carbons (Fsp3) is 0.875. The van der Waals surface area contributed by atoms with Crippen molar-refractivity contribution in [1.82, 2.24) is 10.6 Å². The average molecular weight is 221 g/mol. The normalized spacial score (nSPS) is 12.1. The van der Waals surface area contributed by atoms with Crippen molar-refractivity contribution in [3.63, 3.8) is 0 Å². The Morgan fingerprint density at radius 2 is 1.93 bits per heavy atom. The van der Waals surface area contributed by atoms with Gasteiger partial charge in [0.15, 0.2) is 0 Å². The number of hydrogen-bond acceptors (Lipinski definition) is 3. The van der Waals surface area contributed by atoms with E-state index in [4.69, 9.17) is 0 Å². The van der Waals surface area contributed by atoms with Gasteiger partial charge < -0.3 is 15.2 Å². The molecule has 0 saturated carbocycles. The van der Waals surface area contributed by atoms with Gasteiger partial charge in [0.2, 0.25) is 0 Å². The molecule has 0 aliphatic rings. The average Bonchev–Trinajstić information content (AvgIpc) is 2.15. The lowest BCUT2D eigenvalue weighted by Crippen LogP contribution is -2.33. The van der Waals surface area contributed by atoms with E-state index in [9.17, 15) is 13.6 Å². The van der Waals surface area contributed by atoms with Crippen molar-refractivity contribution < 1.29 is 13.6 Å². The van der Waals surface area contributed by atoms with Crippen molar-refractivity contribution in [3.8, 4) is 0 Å². The molecular weight excluding hydrogens is 204 g/mol.